The van der Waals surface area contributed by atoms with Crippen molar-refractivity contribution in [1.29, 1.82) is 0 Å². The average molecular weight is 239 g/mol. The Morgan fingerprint density at radius 3 is 3.00 bits per heavy atom. The molecule has 1 N–H and O–H groups in total. The SMILES string of the molecule is CCc1ccc(CC(=O)C2COCCN2)s1. The standard InChI is InChI=1S/C12H17NO2S/c1-2-9-3-4-10(16-9)7-12(14)11-8-15-6-5-13-11/h3-4,11,13H,2,5-8H2,1H3. The van der Waals surface area contributed by atoms with Gasteiger partial charge in [0.25, 0.3) is 0 Å². The lowest BCUT2D eigenvalue weighted by atomic mass is 10.1. The van der Waals surface area contributed by atoms with Crippen LogP contribution >= 0.6 is 11.3 Å². The molecule has 1 aliphatic heterocycles. The van der Waals surface area contributed by atoms with E-state index in [0.29, 0.717) is 19.6 Å². The lowest BCUT2D eigenvalue weighted by Gasteiger charge is -2.22. The van der Waals surface area contributed by atoms with E-state index < -0.39 is 0 Å². The summed E-state index contributed by atoms with van der Waals surface area (Å²) in [6, 6.07) is 4.06. The van der Waals surface area contributed by atoms with Crippen molar-refractivity contribution < 1.29 is 9.53 Å². The van der Waals surface area contributed by atoms with E-state index in [9.17, 15) is 4.79 Å². The Morgan fingerprint density at radius 2 is 2.38 bits per heavy atom. The highest BCUT2D eigenvalue weighted by molar-refractivity contribution is 7.12. The average Bonchev–Trinajstić information content (AvgIpc) is 2.78. The molecule has 2 rings (SSSR count). The molecule has 2 heterocycles. The second-order valence-electron chi connectivity index (χ2n) is 3.95. The van der Waals surface area contributed by atoms with Crippen LogP contribution < -0.4 is 5.32 Å². The fraction of sp³-hybridized carbons (Fsp3) is 0.583. The molecule has 1 aromatic rings. The van der Waals surface area contributed by atoms with Gasteiger partial charge in [0.15, 0.2) is 5.78 Å². The van der Waals surface area contributed by atoms with Gasteiger partial charge >= 0.3 is 0 Å². The molecule has 1 saturated heterocycles. The third-order valence-corrected chi connectivity index (χ3v) is 3.95. The van der Waals surface area contributed by atoms with E-state index in [0.717, 1.165) is 17.8 Å². The number of carbonyl (C=O) groups excluding carboxylic acids is 1. The zero-order valence-electron chi connectivity index (χ0n) is 9.49. The van der Waals surface area contributed by atoms with Gasteiger partial charge in [0.2, 0.25) is 0 Å². The maximum Gasteiger partial charge on any atom is 0.157 e. The Balaban J connectivity index is 1.90. The molecule has 0 aliphatic carbocycles. The van der Waals surface area contributed by atoms with Crippen LogP contribution in [0, 0.1) is 0 Å². The van der Waals surface area contributed by atoms with Crippen LogP contribution in [0.15, 0.2) is 12.1 Å². The van der Waals surface area contributed by atoms with Gasteiger partial charge < -0.3 is 10.1 Å². The van der Waals surface area contributed by atoms with Crippen molar-refractivity contribution in [2.24, 2.45) is 0 Å². The van der Waals surface area contributed by atoms with Gasteiger partial charge in [-0.1, -0.05) is 6.92 Å². The molecule has 1 aliphatic rings. The zero-order valence-corrected chi connectivity index (χ0v) is 10.3. The molecule has 88 valence electrons. The summed E-state index contributed by atoms with van der Waals surface area (Å²) in [6.07, 6.45) is 1.58. The molecular formula is C12H17NO2S. The molecule has 1 aromatic heterocycles. The van der Waals surface area contributed by atoms with E-state index in [2.05, 4.69) is 24.4 Å². The minimum atomic E-state index is -0.110. The second kappa shape index (κ2) is 5.57. The highest BCUT2D eigenvalue weighted by Gasteiger charge is 2.21. The molecule has 0 aromatic carbocycles. The highest BCUT2D eigenvalue weighted by Crippen LogP contribution is 2.18. The van der Waals surface area contributed by atoms with Crippen molar-refractivity contribution in [3.05, 3.63) is 21.9 Å². The number of Topliss-reactive ketones (excluding diaryl/α,β-unsaturated/α-hetero) is 1. The van der Waals surface area contributed by atoms with Gasteiger partial charge in [-0.15, -0.1) is 11.3 Å². The van der Waals surface area contributed by atoms with Crippen molar-refractivity contribution in [3.8, 4) is 0 Å². The van der Waals surface area contributed by atoms with E-state index in [1.54, 1.807) is 11.3 Å². The maximum atomic E-state index is 11.9. The Morgan fingerprint density at radius 1 is 1.56 bits per heavy atom. The lowest BCUT2D eigenvalue weighted by Crippen LogP contribution is -2.47. The number of aryl methyl sites for hydroxylation is 1. The monoisotopic (exact) mass is 239 g/mol. The van der Waals surface area contributed by atoms with Crippen molar-refractivity contribution in [3.63, 3.8) is 0 Å². The number of carbonyl (C=O) groups is 1. The summed E-state index contributed by atoms with van der Waals surface area (Å²) in [5.41, 5.74) is 0. The molecule has 16 heavy (non-hydrogen) atoms. The third-order valence-electron chi connectivity index (χ3n) is 2.72. The normalized spacial score (nSPS) is 20.9. The van der Waals surface area contributed by atoms with Gasteiger partial charge in [0, 0.05) is 22.7 Å². The fourth-order valence-electron chi connectivity index (χ4n) is 1.77. The predicted molar refractivity (Wildman–Crippen MR) is 65.0 cm³/mol. The number of ketones is 1. The smallest absolute Gasteiger partial charge is 0.157 e. The number of morpholine rings is 1. The molecule has 1 atom stereocenters. The van der Waals surface area contributed by atoms with Gasteiger partial charge in [-0.25, -0.2) is 0 Å². The first-order chi connectivity index (χ1) is 7.79. The number of rotatable bonds is 4. The lowest BCUT2D eigenvalue weighted by molar-refractivity contribution is -0.123. The molecule has 3 nitrogen and oxygen atoms in total. The zero-order chi connectivity index (χ0) is 11.4. The van der Waals surface area contributed by atoms with Gasteiger partial charge in [-0.05, 0) is 18.6 Å². The first-order valence-corrected chi connectivity index (χ1v) is 6.52. The molecule has 0 bridgehead atoms. The van der Waals surface area contributed by atoms with Crippen LogP contribution in [0.25, 0.3) is 0 Å². The van der Waals surface area contributed by atoms with Crippen LogP contribution in [0.1, 0.15) is 16.7 Å². The largest absolute Gasteiger partial charge is 0.378 e. The molecule has 4 heteroatoms. The quantitative estimate of drug-likeness (QED) is 0.863. The Labute approximate surface area is 99.8 Å². The summed E-state index contributed by atoms with van der Waals surface area (Å²) in [4.78, 5) is 14.4. The van der Waals surface area contributed by atoms with Crippen molar-refractivity contribution in [2.75, 3.05) is 19.8 Å². The Hall–Kier alpha value is -0.710. The summed E-state index contributed by atoms with van der Waals surface area (Å²) in [5, 5.41) is 3.19. The van der Waals surface area contributed by atoms with Crippen molar-refractivity contribution in [1.82, 2.24) is 5.32 Å². The van der Waals surface area contributed by atoms with E-state index in [1.165, 1.54) is 4.88 Å². The van der Waals surface area contributed by atoms with Crippen LogP contribution in [0.5, 0.6) is 0 Å². The highest BCUT2D eigenvalue weighted by atomic mass is 32.1. The van der Waals surface area contributed by atoms with Crippen LogP contribution in [-0.4, -0.2) is 31.6 Å². The van der Waals surface area contributed by atoms with Crippen LogP contribution in [-0.2, 0) is 22.4 Å². The van der Waals surface area contributed by atoms with Crippen LogP contribution in [0.4, 0.5) is 0 Å². The summed E-state index contributed by atoms with van der Waals surface area (Å²) in [7, 11) is 0. The minimum absolute atomic E-state index is 0.110. The van der Waals surface area contributed by atoms with Gasteiger partial charge in [0.1, 0.15) is 0 Å². The van der Waals surface area contributed by atoms with E-state index in [1.807, 2.05) is 0 Å². The molecule has 0 radical (unpaired) electrons. The topological polar surface area (TPSA) is 38.3 Å². The second-order valence-corrected chi connectivity index (χ2v) is 5.20. The number of hydrogen-bond acceptors (Lipinski definition) is 4. The van der Waals surface area contributed by atoms with Crippen molar-refractivity contribution >= 4 is 17.1 Å². The summed E-state index contributed by atoms with van der Waals surface area (Å²) >= 11 is 1.74. The molecular weight excluding hydrogens is 222 g/mol. The van der Waals surface area contributed by atoms with E-state index in [-0.39, 0.29) is 11.8 Å². The number of nitrogens with one attached hydrogen (secondary N) is 1. The van der Waals surface area contributed by atoms with Crippen LogP contribution in [0.3, 0.4) is 0 Å². The van der Waals surface area contributed by atoms with Gasteiger partial charge in [0.05, 0.1) is 19.3 Å². The van der Waals surface area contributed by atoms with Crippen LogP contribution in [0.2, 0.25) is 0 Å². The Bertz CT molecular complexity index is 356. The Kier molecular flexibility index (Phi) is 4.09. The van der Waals surface area contributed by atoms with E-state index in [4.69, 9.17) is 4.74 Å². The predicted octanol–water partition coefficient (Wildman–Crippen LogP) is 1.41. The molecule has 0 saturated carbocycles. The third kappa shape index (κ3) is 2.90. The molecule has 0 amide bonds. The number of thiophene rings is 1. The maximum absolute atomic E-state index is 11.9. The first kappa shape index (κ1) is 11.8. The summed E-state index contributed by atoms with van der Waals surface area (Å²) < 4.78 is 5.29. The molecule has 0 spiro atoms. The minimum Gasteiger partial charge on any atom is -0.378 e. The number of hydrogen-bond donors (Lipinski definition) is 1. The summed E-state index contributed by atoms with van der Waals surface area (Å²) in [5.74, 6) is 0.240. The van der Waals surface area contributed by atoms with Crippen molar-refractivity contribution in [2.45, 2.75) is 25.8 Å². The van der Waals surface area contributed by atoms with Gasteiger partial charge in [-0.3, -0.25) is 4.79 Å². The first-order valence-electron chi connectivity index (χ1n) is 5.71. The number of ether oxygens (including phenoxy) is 1. The summed E-state index contributed by atoms with van der Waals surface area (Å²) in [6.45, 7) is 4.14. The molecule has 1 fully saturated rings. The fourth-order valence-corrected chi connectivity index (χ4v) is 2.74. The molecule has 1 unspecified atom stereocenters. The van der Waals surface area contributed by atoms with Gasteiger partial charge in [-0.2, -0.15) is 0 Å². The van der Waals surface area contributed by atoms with E-state index >= 15 is 0 Å².